The Labute approximate surface area is 187 Å². The Balaban J connectivity index is 1.71. The quantitative estimate of drug-likeness (QED) is 0.321. The molecule has 0 atom stereocenters. The predicted molar refractivity (Wildman–Crippen MR) is 117 cm³/mol. The molecule has 3 aromatic carbocycles. The fraction of sp³-hybridized carbons (Fsp3) is 0.0870. The summed E-state index contributed by atoms with van der Waals surface area (Å²) in [7, 11) is 2.40. The van der Waals surface area contributed by atoms with Crippen LogP contribution in [-0.4, -0.2) is 37.0 Å². The summed E-state index contributed by atoms with van der Waals surface area (Å²) in [5.74, 6) is -1.14. The van der Waals surface area contributed by atoms with E-state index < -0.39 is 22.8 Å². The van der Waals surface area contributed by atoms with Crippen molar-refractivity contribution in [1.82, 2.24) is 0 Å². The summed E-state index contributed by atoms with van der Waals surface area (Å²) >= 11 is 0. The molecule has 168 valence electrons. The van der Waals surface area contributed by atoms with Gasteiger partial charge in [-0.2, -0.15) is 0 Å². The van der Waals surface area contributed by atoms with Crippen molar-refractivity contribution in [2.24, 2.45) is 0 Å². The molecule has 0 aromatic heterocycles. The number of non-ortho nitro benzene ring substituents is 1. The van der Waals surface area contributed by atoms with Crippen LogP contribution >= 0.6 is 0 Å². The highest BCUT2D eigenvalue weighted by Crippen LogP contribution is 2.26. The van der Waals surface area contributed by atoms with E-state index in [0.717, 1.165) is 0 Å². The van der Waals surface area contributed by atoms with Crippen molar-refractivity contribution < 1.29 is 33.5 Å². The molecule has 0 fully saturated rings. The fourth-order valence-corrected chi connectivity index (χ4v) is 2.83. The van der Waals surface area contributed by atoms with Gasteiger partial charge < -0.3 is 19.5 Å². The SMILES string of the molecule is COC(=O)c1ccc(Oc2ccc(NC(=O)c3ccc([N+](=O)[O-])cc3)cc2)cc1C(=O)OC. The maximum atomic E-state index is 12.3. The van der Waals surface area contributed by atoms with Crippen molar-refractivity contribution in [1.29, 1.82) is 0 Å². The minimum Gasteiger partial charge on any atom is -0.465 e. The Bertz CT molecular complexity index is 1200. The first-order valence-electron chi connectivity index (χ1n) is 9.46. The van der Waals surface area contributed by atoms with E-state index in [1.165, 1.54) is 56.7 Å². The van der Waals surface area contributed by atoms with E-state index in [0.29, 0.717) is 11.4 Å². The lowest BCUT2D eigenvalue weighted by molar-refractivity contribution is -0.384. The van der Waals surface area contributed by atoms with E-state index in [1.807, 2.05) is 0 Å². The number of nitro benzene ring substituents is 1. The number of ether oxygens (including phenoxy) is 3. The molecule has 0 spiro atoms. The Morgan fingerprint density at radius 3 is 1.94 bits per heavy atom. The summed E-state index contributed by atoms with van der Waals surface area (Å²) in [4.78, 5) is 46.4. The molecule has 33 heavy (non-hydrogen) atoms. The van der Waals surface area contributed by atoms with E-state index >= 15 is 0 Å². The van der Waals surface area contributed by atoms with E-state index in [4.69, 9.17) is 9.47 Å². The van der Waals surface area contributed by atoms with Gasteiger partial charge in [0.1, 0.15) is 11.5 Å². The Morgan fingerprint density at radius 1 is 0.788 bits per heavy atom. The van der Waals surface area contributed by atoms with Crippen molar-refractivity contribution in [2.45, 2.75) is 0 Å². The number of carbonyl (C=O) groups is 3. The van der Waals surface area contributed by atoms with E-state index in [9.17, 15) is 24.5 Å². The average Bonchev–Trinajstić information content (AvgIpc) is 2.84. The maximum absolute atomic E-state index is 12.3. The number of rotatable bonds is 7. The number of amides is 1. The van der Waals surface area contributed by atoms with Gasteiger partial charge in [-0.25, -0.2) is 9.59 Å². The number of hydrogen-bond donors (Lipinski definition) is 1. The number of esters is 2. The van der Waals surface area contributed by atoms with Gasteiger partial charge in [0.15, 0.2) is 0 Å². The van der Waals surface area contributed by atoms with Crippen LogP contribution in [0.5, 0.6) is 11.5 Å². The zero-order valence-corrected chi connectivity index (χ0v) is 17.6. The molecular formula is C23H18N2O8. The number of anilines is 1. The molecule has 1 N–H and O–H groups in total. The third kappa shape index (κ3) is 5.50. The van der Waals surface area contributed by atoms with Gasteiger partial charge in [0.2, 0.25) is 0 Å². The van der Waals surface area contributed by atoms with E-state index in [1.54, 1.807) is 24.3 Å². The van der Waals surface area contributed by atoms with Crippen LogP contribution in [0.15, 0.2) is 66.7 Å². The smallest absolute Gasteiger partial charge is 0.338 e. The topological polar surface area (TPSA) is 134 Å². The first-order chi connectivity index (χ1) is 15.8. The molecule has 0 bridgehead atoms. The number of nitrogens with one attached hydrogen (secondary N) is 1. The number of nitrogens with zero attached hydrogens (tertiary/aromatic N) is 1. The second-order valence-electron chi connectivity index (χ2n) is 6.58. The molecule has 10 heteroatoms. The largest absolute Gasteiger partial charge is 0.465 e. The molecule has 0 aliphatic heterocycles. The van der Waals surface area contributed by atoms with Crippen molar-refractivity contribution in [3.05, 3.63) is 93.5 Å². The van der Waals surface area contributed by atoms with Crippen LogP contribution in [0.4, 0.5) is 11.4 Å². The Morgan fingerprint density at radius 2 is 1.36 bits per heavy atom. The Kier molecular flexibility index (Phi) is 6.99. The lowest BCUT2D eigenvalue weighted by Crippen LogP contribution is -2.12. The summed E-state index contributed by atoms with van der Waals surface area (Å²) in [6, 6.07) is 15.9. The molecule has 0 heterocycles. The molecule has 0 saturated heterocycles. The van der Waals surface area contributed by atoms with Gasteiger partial charge in [-0.15, -0.1) is 0 Å². The van der Waals surface area contributed by atoms with Crippen LogP contribution in [0.25, 0.3) is 0 Å². The third-order valence-electron chi connectivity index (χ3n) is 4.49. The maximum Gasteiger partial charge on any atom is 0.338 e. The second kappa shape index (κ2) is 10.1. The van der Waals surface area contributed by atoms with Gasteiger partial charge in [-0.3, -0.25) is 14.9 Å². The van der Waals surface area contributed by atoms with E-state index in [-0.39, 0.29) is 28.1 Å². The van der Waals surface area contributed by atoms with Crippen LogP contribution in [0, 0.1) is 10.1 Å². The first kappa shape index (κ1) is 22.9. The Hall–Kier alpha value is -4.73. The summed E-state index contributed by atoms with van der Waals surface area (Å²) in [5, 5.41) is 13.4. The molecule has 0 radical (unpaired) electrons. The molecule has 0 aliphatic rings. The van der Waals surface area contributed by atoms with Gasteiger partial charge in [-0.1, -0.05) is 0 Å². The van der Waals surface area contributed by atoms with Crippen molar-refractivity contribution >= 4 is 29.2 Å². The fourth-order valence-electron chi connectivity index (χ4n) is 2.83. The van der Waals surface area contributed by atoms with Crippen LogP contribution in [0.3, 0.4) is 0 Å². The number of hydrogen-bond acceptors (Lipinski definition) is 8. The van der Waals surface area contributed by atoms with Gasteiger partial charge in [0.25, 0.3) is 11.6 Å². The third-order valence-corrected chi connectivity index (χ3v) is 4.49. The molecule has 1 amide bonds. The zero-order chi connectivity index (χ0) is 24.0. The van der Waals surface area contributed by atoms with E-state index in [2.05, 4.69) is 10.1 Å². The first-order valence-corrected chi connectivity index (χ1v) is 9.46. The minimum atomic E-state index is -0.717. The summed E-state index contributed by atoms with van der Waals surface area (Å²) in [6.07, 6.45) is 0. The highest BCUT2D eigenvalue weighted by Gasteiger charge is 2.19. The predicted octanol–water partition coefficient (Wildman–Crippen LogP) is 4.21. The zero-order valence-electron chi connectivity index (χ0n) is 17.6. The van der Waals surface area contributed by atoms with Crippen molar-refractivity contribution in [3.8, 4) is 11.5 Å². The monoisotopic (exact) mass is 450 g/mol. The van der Waals surface area contributed by atoms with Crippen LogP contribution in [-0.2, 0) is 9.47 Å². The normalized spacial score (nSPS) is 10.1. The molecule has 10 nitrogen and oxygen atoms in total. The number of carbonyl (C=O) groups excluding carboxylic acids is 3. The lowest BCUT2D eigenvalue weighted by Gasteiger charge is -2.11. The standard InChI is InChI=1S/C23H18N2O8/c1-31-22(27)19-12-11-18(13-20(19)23(28)32-2)33-17-9-5-15(6-10-17)24-21(26)14-3-7-16(8-4-14)25(29)30/h3-13H,1-2H3,(H,24,26). The molecule has 0 saturated carbocycles. The summed E-state index contributed by atoms with van der Waals surface area (Å²) in [5.41, 5.74) is 0.668. The number of nitro groups is 1. The molecule has 3 rings (SSSR count). The molecule has 3 aromatic rings. The van der Waals surface area contributed by atoms with Gasteiger partial charge in [0, 0.05) is 23.4 Å². The highest BCUT2D eigenvalue weighted by atomic mass is 16.6. The highest BCUT2D eigenvalue weighted by molar-refractivity contribution is 6.04. The summed E-state index contributed by atoms with van der Waals surface area (Å²) in [6.45, 7) is 0. The molecular weight excluding hydrogens is 432 g/mol. The lowest BCUT2D eigenvalue weighted by atomic mass is 10.1. The molecule has 0 unspecified atom stereocenters. The molecule has 0 aliphatic carbocycles. The second-order valence-corrected chi connectivity index (χ2v) is 6.58. The number of benzene rings is 3. The average molecular weight is 450 g/mol. The van der Waals surface area contributed by atoms with Gasteiger partial charge in [-0.05, 0) is 54.6 Å². The van der Waals surface area contributed by atoms with Crippen LogP contribution < -0.4 is 10.1 Å². The number of methoxy groups -OCH3 is 2. The van der Waals surface area contributed by atoms with Gasteiger partial charge >= 0.3 is 11.9 Å². The minimum absolute atomic E-state index is 0.00571. The van der Waals surface area contributed by atoms with Crippen LogP contribution in [0.1, 0.15) is 31.1 Å². The van der Waals surface area contributed by atoms with Crippen LogP contribution in [0.2, 0.25) is 0 Å². The summed E-state index contributed by atoms with van der Waals surface area (Å²) < 4.78 is 15.1. The van der Waals surface area contributed by atoms with Gasteiger partial charge in [0.05, 0.1) is 30.3 Å². The van der Waals surface area contributed by atoms with Crippen molar-refractivity contribution in [2.75, 3.05) is 19.5 Å². The van der Waals surface area contributed by atoms with Crippen molar-refractivity contribution in [3.63, 3.8) is 0 Å².